The Morgan fingerprint density at radius 2 is 2.07 bits per heavy atom. The number of sulfonamides is 1. The maximum absolute atomic E-state index is 12.8. The molecule has 0 aromatic carbocycles. The van der Waals surface area contributed by atoms with Crippen LogP contribution in [0.15, 0.2) is 21.7 Å². The molecule has 1 aliphatic rings. The molecule has 0 unspecified atom stereocenters. The number of anilines is 1. The van der Waals surface area contributed by atoms with Gasteiger partial charge in [0.1, 0.15) is 4.21 Å². The molecular weight excluding hydrogens is 402 g/mol. The minimum absolute atomic E-state index is 0.0754. The predicted molar refractivity (Wildman–Crippen MR) is 110 cm³/mol. The largest absolute Gasteiger partial charge is 0.302 e. The molecule has 9 heteroatoms. The van der Waals surface area contributed by atoms with Crippen molar-refractivity contribution in [2.75, 3.05) is 18.4 Å². The summed E-state index contributed by atoms with van der Waals surface area (Å²) in [6.45, 7) is 8.77. The van der Waals surface area contributed by atoms with Crippen LogP contribution < -0.4 is 5.32 Å². The highest BCUT2D eigenvalue weighted by atomic mass is 32.2. The van der Waals surface area contributed by atoms with Crippen LogP contribution in [0.1, 0.15) is 44.2 Å². The predicted octanol–water partition coefficient (Wildman–Crippen LogP) is 3.85. The first-order chi connectivity index (χ1) is 12.6. The van der Waals surface area contributed by atoms with Crippen molar-refractivity contribution in [2.45, 2.75) is 50.2 Å². The fraction of sp³-hybridized carbons (Fsp3) is 0.556. The van der Waals surface area contributed by atoms with Crippen molar-refractivity contribution in [1.29, 1.82) is 0 Å². The fourth-order valence-corrected chi connectivity index (χ4v) is 6.84. The molecule has 0 radical (unpaired) electrons. The molecule has 3 heterocycles. The van der Waals surface area contributed by atoms with Gasteiger partial charge in [-0.1, -0.05) is 20.8 Å². The summed E-state index contributed by atoms with van der Waals surface area (Å²) in [5, 5.41) is 5.39. The van der Waals surface area contributed by atoms with E-state index in [1.54, 1.807) is 12.1 Å². The van der Waals surface area contributed by atoms with Crippen molar-refractivity contribution in [3.63, 3.8) is 0 Å². The number of thiazole rings is 1. The van der Waals surface area contributed by atoms with Gasteiger partial charge in [0.05, 0.1) is 11.6 Å². The second-order valence-corrected chi connectivity index (χ2v) is 12.2. The minimum Gasteiger partial charge on any atom is -0.302 e. The Balaban J connectivity index is 1.69. The molecule has 1 amide bonds. The molecule has 6 nitrogen and oxygen atoms in total. The molecule has 0 saturated carbocycles. The van der Waals surface area contributed by atoms with E-state index in [2.05, 4.69) is 31.1 Å². The average Bonchev–Trinajstić information content (AvgIpc) is 3.24. The normalized spacial score (nSPS) is 19.2. The number of aromatic nitrogens is 1. The van der Waals surface area contributed by atoms with Gasteiger partial charge in [0.2, 0.25) is 5.91 Å². The lowest BCUT2D eigenvalue weighted by Crippen LogP contribution is -2.43. The van der Waals surface area contributed by atoms with Crippen molar-refractivity contribution in [2.24, 2.45) is 5.92 Å². The van der Waals surface area contributed by atoms with Crippen molar-refractivity contribution in [1.82, 2.24) is 9.29 Å². The third-order valence-electron chi connectivity index (χ3n) is 4.57. The number of aryl methyl sites for hydroxylation is 1. The van der Waals surface area contributed by atoms with Crippen LogP contribution in [0.2, 0.25) is 0 Å². The van der Waals surface area contributed by atoms with E-state index in [1.807, 2.05) is 12.3 Å². The Labute approximate surface area is 168 Å². The number of carbonyl (C=O) groups excluding carboxylic acids is 1. The molecule has 2 aromatic rings. The highest BCUT2D eigenvalue weighted by Crippen LogP contribution is 2.30. The smallest absolute Gasteiger partial charge is 0.252 e. The molecule has 1 atom stereocenters. The standard InChI is InChI=1S/C18H25N3O3S3/c1-12-7-8-15(26-12)27(23,24)21-9-5-6-13(10-21)16(22)20-17-19-14(11-25-17)18(2,3)4/h7-8,11,13H,5-6,9-10H2,1-4H3,(H,19,20,22)/t13-/m1/s1. The third kappa shape index (κ3) is 4.59. The Morgan fingerprint density at radius 3 is 2.67 bits per heavy atom. The number of hydrogen-bond donors (Lipinski definition) is 1. The van der Waals surface area contributed by atoms with Gasteiger partial charge in [-0.2, -0.15) is 4.31 Å². The lowest BCUT2D eigenvalue weighted by molar-refractivity contribution is -0.120. The van der Waals surface area contributed by atoms with Crippen LogP contribution in [-0.4, -0.2) is 36.7 Å². The Kier molecular flexibility index (Phi) is 5.77. The maximum Gasteiger partial charge on any atom is 0.252 e. The first kappa shape index (κ1) is 20.4. The molecule has 3 rings (SSSR count). The van der Waals surface area contributed by atoms with E-state index in [4.69, 9.17) is 0 Å². The van der Waals surface area contributed by atoms with Gasteiger partial charge < -0.3 is 5.32 Å². The SMILES string of the molecule is Cc1ccc(S(=O)(=O)N2CCC[C@@H](C(=O)Nc3nc(C(C)(C)C)cs3)C2)s1. The summed E-state index contributed by atoms with van der Waals surface area (Å²) in [6.07, 6.45) is 1.35. The summed E-state index contributed by atoms with van der Waals surface area (Å²) < 4.78 is 27.5. The Hall–Kier alpha value is -1.29. The second-order valence-electron chi connectivity index (χ2n) is 7.84. The quantitative estimate of drug-likeness (QED) is 0.804. The summed E-state index contributed by atoms with van der Waals surface area (Å²) in [6, 6.07) is 3.45. The molecule has 1 aliphatic heterocycles. The molecule has 2 aromatic heterocycles. The third-order valence-corrected chi connectivity index (χ3v) is 8.66. The Morgan fingerprint density at radius 1 is 1.33 bits per heavy atom. The van der Waals surface area contributed by atoms with Crippen molar-refractivity contribution in [3.8, 4) is 0 Å². The van der Waals surface area contributed by atoms with Crippen molar-refractivity contribution < 1.29 is 13.2 Å². The average molecular weight is 428 g/mol. The van der Waals surface area contributed by atoms with Crippen LogP contribution in [0.4, 0.5) is 5.13 Å². The minimum atomic E-state index is -3.54. The Bertz CT molecular complexity index is 925. The fourth-order valence-electron chi connectivity index (χ4n) is 2.94. The molecule has 1 N–H and O–H groups in total. The van der Waals surface area contributed by atoms with E-state index in [-0.39, 0.29) is 23.8 Å². The molecule has 0 bridgehead atoms. The number of carbonyl (C=O) groups is 1. The maximum atomic E-state index is 12.8. The van der Waals surface area contributed by atoms with Gasteiger partial charge in [-0.05, 0) is 31.9 Å². The van der Waals surface area contributed by atoms with E-state index in [1.165, 1.54) is 27.0 Å². The number of amides is 1. The number of piperidine rings is 1. The van der Waals surface area contributed by atoms with Gasteiger partial charge in [0.25, 0.3) is 10.0 Å². The van der Waals surface area contributed by atoms with Crippen LogP contribution >= 0.6 is 22.7 Å². The van der Waals surface area contributed by atoms with Crippen molar-refractivity contribution in [3.05, 3.63) is 28.1 Å². The van der Waals surface area contributed by atoms with E-state index >= 15 is 0 Å². The molecule has 0 aliphatic carbocycles. The zero-order chi connectivity index (χ0) is 19.8. The second kappa shape index (κ2) is 7.62. The molecular formula is C18H25N3O3S3. The highest BCUT2D eigenvalue weighted by Gasteiger charge is 2.34. The van der Waals surface area contributed by atoms with Gasteiger partial charge in [0, 0.05) is 28.8 Å². The molecule has 27 heavy (non-hydrogen) atoms. The molecule has 0 spiro atoms. The number of rotatable bonds is 4. The molecule has 1 saturated heterocycles. The zero-order valence-electron chi connectivity index (χ0n) is 16.0. The number of nitrogens with zero attached hydrogens (tertiary/aromatic N) is 2. The van der Waals surface area contributed by atoms with Crippen LogP contribution in [0.3, 0.4) is 0 Å². The summed E-state index contributed by atoms with van der Waals surface area (Å²) in [4.78, 5) is 18.1. The lowest BCUT2D eigenvalue weighted by atomic mass is 9.93. The van der Waals surface area contributed by atoms with Gasteiger partial charge in [-0.25, -0.2) is 13.4 Å². The van der Waals surface area contributed by atoms with E-state index in [0.717, 1.165) is 10.6 Å². The van der Waals surface area contributed by atoms with Crippen LogP contribution in [0.25, 0.3) is 0 Å². The van der Waals surface area contributed by atoms with Gasteiger partial charge in [-0.3, -0.25) is 4.79 Å². The number of thiophene rings is 1. The van der Waals surface area contributed by atoms with Gasteiger partial charge >= 0.3 is 0 Å². The zero-order valence-corrected chi connectivity index (χ0v) is 18.4. The first-order valence-corrected chi connectivity index (χ1v) is 12.0. The van der Waals surface area contributed by atoms with Crippen LogP contribution in [0.5, 0.6) is 0 Å². The summed E-state index contributed by atoms with van der Waals surface area (Å²) in [7, 11) is -3.54. The van der Waals surface area contributed by atoms with E-state index in [9.17, 15) is 13.2 Å². The number of hydrogen-bond acceptors (Lipinski definition) is 6. The monoisotopic (exact) mass is 427 g/mol. The van der Waals surface area contributed by atoms with Crippen LogP contribution in [-0.2, 0) is 20.2 Å². The van der Waals surface area contributed by atoms with Gasteiger partial charge in [0.15, 0.2) is 5.13 Å². The van der Waals surface area contributed by atoms with Crippen molar-refractivity contribution >= 4 is 43.7 Å². The molecule has 1 fully saturated rings. The highest BCUT2D eigenvalue weighted by molar-refractivity contribution is 7.91. The summed E-state index contributed by atoms with van der Waals surface area (Å²) in [5.74, 6) is -0.524. The molecule has 148 valence electrons. The van der Waals surface area contributed by atoms with Gasteiger partial charge in [-0.15, -0.1) is 22.7 Å². The number of nitrogens with one attached hydrogen (secondary N) is 1. The first-order valence-electron chi connectivity index (χ1n) is 8.91. The summed E-state index contributed by atoms with van der Waals surface area (Å²) >= 11 is 2.67. The van der Waals surface area contributed by atoms with Crippen LogP contribution in [0, 0.1) is 12.8 Å². The lowest BCUT2D eigenvalue weighted by Gasteiger charge is -2.30. The topological polar surface area (TPSA) is 79.4 Å². The van der Waals surface area contributed by atoms with E-state index in [0.29, 0.717) is 28.7 Å². The summed E-state index contributed by atoms with van der Waals surface area (Å²) in [5.41, 5.74) is 0.859. The van der Waals surface area contributed by atoms with E-state index < -0.39 is 10.0 Å².